The summed E-state index contributed by atoms with van der Waals surface area (Å²) >= 11 is 0. The second kappa shape index (κ2) is 8.82. The molecule has 0 aliphatic heterocycles. The standard InChI is InChI=1S/C29H48O3/c1-7-19(17(2)3)9-8-18(4)21-10-11-22-25-23(13-15-28(21,22)5)29(6)14-12-20(30)16-24(29)26(31)27(25)32/h17-19,21-25,27,32H,7-16H2,1-6H3/t18-,19?,21-,22+,23+,24?,25+,27+,28-,29-/m1/s1. The van der Waals surface area contributed by atoms with Crippen LogP contribution >= 0.6 is 0 Å². The van der Waals surface area contributed by atoms with Gasteiger partial charge in [0.05, 0.1) is 0 Å². The number of rotatable bonds is 6. The fraction of sp³-hybridized carbons (Fsp3) is 0.931. The van der Waals surface area contributed by atoms with Crippen molar-refractivity contribution in [3.63, 3.8) is 0 Å². The number of aliphatic hydroxyl groups excluding tert-OH is 1. The van der Waals surface area contributed by atoms with E-state index in [0.717, 1.165) is 31.1 Å². The van der Waals surface area contributed by atoms with Gasteiger partial charge < -0.3 is 5.11 Å². The lowest BCUT2D eigenvalue weighted by molar-refractivity contribution is -0.181. The van der Waals surface area contributed by atoms with Gasteiger partial charge in [-0.05, 0) is 90.8 Å². The Morgan fingerprint density at radius 1 is 0.969 bits per heavy atom. The summed E-state index contributed by atoms with van der Waals surface area (Å²) in [6.07, 6.45) is 9.65. The highest BCUT2D eigenvalue weighted by Crippen LogP contribution is 2.67. The Morgan fingerprint density at radius 3 is 2.31 bits per heavy atom. The molecule has 0 spiro atoms. The van der Waals surface area contributed by atoms with Crippen molar-refractivity contribution in [2.75, 3.05) is 0 Å². The lowest BCUT2D eigenvalue weighted by Gasteiger charge is -2.61. The Bertz CT molecular complexity index is 728. The van der Waals surface area contributed by atoms with Crippen LogP contribution in [0.25, 0.3) is 0 Å². The third-order valence-electron chi connectivity index (χ3n) is 11.6. The van der Waals surface area contributed by atoms with Crippen LogP contribution in [0.2, 0.25) is 0 Å². The fourth-order valence-electron chi connectivity index (χ4n) is 9.48. The van der Waals surface area contributed by atoms with E-state index in [2.05, 4.69) is 41.5 Å². The number of ketones is 2. The summed E-state index contributed by atoms with van der Waals surface area (Å²) in [5.41, 5.74) is 0.153. The highest BCUT2D eigenvalue weighted by molar-refractivity contribution is 5.93. The maximum absolute atomic E-state index is 13.3. The largest absolute Gasteiger partial charge is 0.385 e. The molecule has 0 bridgehead atoms. The number of hydrogen-bond donors (Lipinski definition) is 1. The number of carbonyl (C=O) groups is 2. The molecule has 4 aliphatic carbocycles. The van der Waals surface area contributed by atoms with Gasteiger partial charge in [-0.2, -0.15) is 0 Å². The molecule has 10 atom stereocenters. The molecule has 32 heavy (non-hydrogen) atoms. The molecule has 1 N–H and O–H groups in total. The smallest absolute Gasteiger partial charge is 0.165 e. The van der Waals surface area contributed by atoms with Crippen LogP contribution in [0, 0.1) is 58.2 Å². The van der Waals surface area contributed by atoms with E-state index >= 15 is 0 Å². The minimum Gasteiger partial charge on any atom is -0.385 e. The van der Waals surface area contributed by atoms with Crippen molar-refractivity contribution in [2.45, 2.75) is 112 Å². The molecule has 2 unspecified atom stereocenters. The molecule has 0 aromatic rings. The zero-order valence-corrected chi connectivity index (χ0v) is 21.5. The Balaban J connectivity index is 1.54. The summed E-state index contributed by atoms with van der Waals surface area (Å²) < 4.78 is 0. The molecule has 4 saturated carbocycles. The molecule has 0 aromatic heterocycles. The van der Waals surface area contributed by atoms with Crippen molar-refractivity contribution in [1.82, 2.24) is 0 Å². The van der Waals surface area contributed by atoms with E-state index in [4.69, 9.17) is 0 Å². The number of Topliss-reactive ketones (excluding diaryl/α,β-unsaturated/α-hetero) is 2. The van der Waals surface area contributed by atoms with E-state index in [9.17, 15) is 14.7 Å². The molecule has 4 rings (SSSR count). The van der Waals surface area contributed by atoms with Crippen molar-refractivity contribution < 1.29 is 14.7 Å². The Labute approximate surface area is 196 Å². The van der Waals surface area contributed by atoms with Gasteiger partial charge in [0.15, 0.2) is 5.78 Å². The van der Waals surface area contributed by atoms with Crippen LogP contribution in [-0.4, -0.2) is 22.8 Å². The third-order valence-corrected chi connectivity index (χ3v) is 11.6. The first kappa shape index (κ1) is 24.4. The zero-order chi connectivity index (χ0) is 23.4. The van der Waals surface area contributed by atoms with Crippen LogP contribution in [0.3, 0.4) is 0 Å². The second-order valence-corrected chi connectivity index (χ2v) is 13.1. The average Bonchev–Trinajstić information content (AvgIpc) is 3.10. The van der Waals surface area contributed by atoms with E-state index in [1.165, 1.54) is 32.1 Å². The Kier molecular flexibility index (Phi) is 6.73. The summed E-state index contributed by atoms with van der Waals surface area (Å²) in [4.78, 5) is 25.5. The summed E-state index contributed by atoms with van der Waals surface area (Å²) in [6.45, 7) is 14.3. The number of aliphatic hydroxyl groups is 1. The summed E-state index contributed by atoms with van der Waals surface area (Å²) in [6, 6.07) is 0. The van der Waals surface area contributed by atoms with Gasteiger partial charge in [-0.3, -0.25) is 9.59 Å². The molecule has 3 heteroatoms. The van der Waals surface area contributed by atoms with Crippen LogP contribution in [0.1, 0.15) is 106 Å². The maximum Gasteiger partial charge on any atom is 0.165 e. The molecule has 0 heterocycles. The highest BCUT2D eigenvalue weighted by Gasteiger charge is 2.65. The van der Waals surface area contributed by atoms with Gasteiger partial charge in [0.25, 0.3) is 0 Å². The topological polar surface area (TPSA) is 54.4 Å². The van der Waals surface area contributed by atoms with Crippen LogP contribution in [0.4, 0.5) is 0 Å². The summed E-state index contributed by atoms with van der Waals surface area (Å²) in [7, 11) is 0. The summed E-state index contributed by atoms with van der Waals surface area (Å²) in [5, 5.41) is 11.3. The molecule has 4 aliphatic rings. The number of carbonyl (C=O) groups excluding carboxylic acids is 2. The minimum absolute atomic E-state index is 0.00901. The Morgan fingerprint density at radius 2 is 1.66 bits per heavy atom. The molecular formula is C29H48O3. The van der Waals surface area contributed by atoms with E-state index in [1.807, 2.05) is 0 Å². The molecule has 182 valence electrons. The van der Waals surface area contributed by atoms with E-state index in [1.54, 1.807) is 0 Å². The van der Waals surface area contributed by atoms with Gasteiger partial charge >= 0.3 is 0 Å². The molecule has 3 nitrogen and oxygen atoms in total. The maximum atomic E-state index is 13.3. The molecule has 0 aromatic carbocycles. The zero-order valence-electron chi connectivity index (χ0n) is 21.5. The molecular weight excluding hydrogens is 396 g/mol. The quantitative estimate of drug-likeness (QED) is 0.511. The predicted octanol–water partition coefficient (Wildman–Crippen LogP) is 6.46. The second-order valence-electron chi connectivity index (χ2n) is 13.1. The van der Waals surface area contributed by atoms with Crippen LogP contribution < -0.4 is 0 Å². The first-order chi connectivity index (χ1) is 15.0. The fourth-order valence-corrected chi connectivity index (χ4v) is 9.48. The van der Waals surface area contributed by atoms with Gasteiger partial charge in [-0.1, -0.05) is 54.4 Å². The minimum atomic E-state index is -0.854. The Hall–Kier alpha value is -0.700. The monoisotopic (exact) mass is 444 g/mol. The van der Waals surface area contributed by atoms with Crippen molar-refractivity contribution in [3.8, 4) is 0 Å². The van der Waals surface area contributed by atoms with Gasteiger partial charge in [0.2, 0.25) is 0 Å². The molecule has 0 radical (unpaired) electrons. The van der Waals surface area contributed by atoms with Crippen LogP contribution in [0.5, 0.6) is 0 Å². The van der Waals surface area contributed by atoms with E-state index in [-0.39, 0.29) is 34.2 Å². The lowest BCUT2D eigenvalue weighted by Crippen LogP contribution is -2.62. The normalized spacial score (nSPS) is 45.9. The predicted molar refractivity (Wildman–Crippen MR) is 129 cm³/mol. The van der Waals surface area contributed by atoms with Gasteiger partial charge in [0, 0.05) is 18.8 Å². The summed E-state index contributed by atoms with van der Waals surface area (Å²) in [5.74, 6) is 3.91. The van der Waals surface area contributed by atoms with Crippen molar-refractivity contribution in [1.29, 1.82) is 0 Å². The van der Waals surface area contributed by atoms with Crippen LogP contribution in [-0.2, 0) is 9.59 Å². The third kappa shape index (κ3) is 3.73. The number of fused-ring (bicyclic) bond motifs is 5. The SMILES string of the molecule is CCC(CC[C@@H](C)[C@H]1CC[C@H]2[C@@H]3[C@H](O)C(=O)C4CC(=O)CC[C@]4(C)[C@H]3CC[C@]12C)C(C)C. The van der Waals surface area contributed by atoms with Gasteiger partial charge in [0.1, 0.15) is 11.9 Å². The first-order valence-corrected chi connectivity index (χ1v) is 13.8. The lowest BCUT2D eigenvalue weighted by atomic mass is 9.43. The van der Waals surface area contributed by atoms with Crippen LogP contribution in [0.15, 0.2) is 0 Å². The highest BCUT2D eigenvalue weighted by atomic mass is 16.3. The molecule has 0 amide bonds. The van der Waals surface area contributed by atoms with Crippen molar-refractivity contribution >= 4 is 11.6 Å². The van der Waals surface area contributed by atoms with Gasteiger partial charge in [-0.15, -0.1) is 0 Å². The molecule has 0 saturated heterocycles. The number of hydrogen-bond acceptors (Lipinski definition) is 3. The van der Waals surface area contributed by atoms with E-state index in [0.29, 0.717) is 36.5 Å². The van der Waals surface area contributed by atoms with E-state index < -0.39 is 6.10 Å². The molecule has 4 fully saturated rings. The van der Waals surface area contributed by atoms with Gasteiger partial charge in [-0.25, -0.2) is 0 Å². The first-order valence-electron chi connectivity index (χ1n) is 13.8. The van der Waals surface area contributed by atoms with Crippen molar-refractivity contribution in [3.05, 3.63) is 0 Å². The van der Waals surface area contributed by atoms with Crippen molar-refractivity contribution in [2.24, 2.45) is 58.2 Å². The average molecular weight is 445 g/mol.